The number of nitrogens with one attached hydrogen (secondary N) is 1. The molecule has 27 heavy (non-hydrogen) atoms. The summed E-state index contributed by atoms with van der Waals surface area (Å²) in [6.45, 7) is 0.839. The Morgan fingerprint density at radius 3 is 2.11 bits per heavy atom. The quantitative estimate of drug-likeness (QED) is 0.655. The molecule has 0 saturated carbocycles. The molecule has 0 aliphatic carbocycles. The van der Waals surface area contributed by atoms with Crippen molar-refractivity contribution in [2.24, 2.45) is 0 Å². The molecule has 2 aromatic carbocycles. The first-order chi connectivity index (χ1) is 12.4. The van der Waals surface area contributed by atoms with Gasteiger partial charge in [-0.05, 0) is 42.8 Å². The summed E-state index contributed by atoms with van der Waals surface area (Å²) in [7, 11) is 0. The average Bonchev–Trinajstić information content (AvgIpc) is 2.55. The highest BCUT2D eigenvalue weighted by Gasteiger charge is 2.37. The lowest BCUT2D eigenvalue weighted by Gasteiger charge is -2.15. The lowest BCUT2D eigenvalue weighted by atomic mass is 10.1. The minimum atomic E-state index is -5.00. The maximum absolute atomic E-state index is 12.8. The Hall–Kier alpha value is -2.42. The zero-order valence-electron chi connectivity index (χ0n) is 13.6. The molecule has 0 aliphatic heterocycles. The fourth-order valence-electron chi connectivity index (χ4n) is 2.09. The molecule has 10 heteroatoms. The largest absolute Gasteiger partial charge is 0.484 e. The number of ether oxygens (including phenoxy) is 1. The minimum absolute atomic E-state index is 0.0255. The Morgan fingerprint density at radius 2 is 1.59 bits per heavy atom. The Morgan fingerprint density at radius 1 is 1.04 bits per heavy atom. The standard InChI is InChI=1S/C17H12ClF6NO2/c1-9-13(18)3-2-4-14(9)25-15(26)8-27-12-6-10(16(19,20)21)5-11(7-12)17(22,23)24/h2-7H,8H2,1H3,(H,25,26). The van der Waals surface area contributed by atoms with Crippen molar-refractivity contribution in [3.63, 3.8) is 0 Å². The van der Waals surface area contributed by atoms with E-state index in [0.29, 0.717) is 28.4 Å². The third-order valence-electron chi connectivity index (χ3n) is 3.47. The molecule has 0 aromatic heterocycles. The maximum atomic E-state index is 12.8. The number of halogens is 7. The molecule has 0 heterocycles. The van der Waals surface area contributed by atoms with Crippen molar-refractivity contribution in [3.05, 3.63) is 58.1 Å². The second-order valence-electron chi connectivity index (χ2n) is 5.49. The number of hydrogen-bond acceptors (Lipinski definition) is 2. The number of carbonyl (C=O) groups is 1. The smallest absolute Gasteiger partial charge is 0.416 e. The van der Waals surface area contributed by atoms with Crippen LogP contribution in [0.15, 0.2) is 36.4 Å². The topological polar surface area (TPSA) is 38.3 Å². The van der Waals surface area contributed by atoms with E-state index in [-0.39, 0.29) is 6.07 Å². The molecule has 0 spiro atoms. The number of anilines is 1. The summed E-state index contributed by atoms with van der Waals surface area (Å²) in [6, 6.07) is 5.45. The molecule has 146 valence electrons. The van der Waals surface area contributed by atoms with Crippen LogP contribution in [0.5, 0.6) is 5.75 Å². The Bertz CT molecular complexity index is 816. The van der Waals surface area contributed by atoms with Crippen molar-refractivity contribution in [2.45, 2.75) is 19.3 Å². The molecule has 3 nitrogen and oxygen atoms in total. The first-order valence-corrected chi connectivity index (χ1v) is 7.73. The molecular weight excluding hydrogens is 400 g/mol. The number of carbonyl (C=O) groups excluding carboxylic acids is 1. The summed E-state index contributed by atoms with van der Waals surface area (Å²) in [5.41, 5.74) is -2.17. The van der Waals surface area contributed by atoms with Crippen molar-refractivity contribution in [3.8, 4) is 5.75 Å². The second kappa shape index (κ2) is 7.67. The van der Waals surface area contributed by atoms with E-state index < -0.39 is 41.7 Å². The van der Waals surface area contributed by atoms with Crippen molar-refractivity contribution in [1.82, 2.24) is 0 Å². The van der Waals surface area contributed by atoms with Crippen LogP contribution in [0.3, 0.4) is 0 Å². The van der Waals surface area contributed by atoms with Crippen molar-refractivity contribution in [2.75, 3.05) is 11.9 Å². The molecule has 0 bridgehead atoms. The van der Waals surface area contributed by atoms with Gasteiger partial charge in [0.25, 0.3) is 5.91 Å². The Kier molecular flexibility index (Phi) is 5.94. The van der Waals surface area contributed by atoms with Crippen LogP contribution in [0.2, 0.25) is 5.02 Å². The van der Waals surface area contributed by atoms with Gasteiger partial charge in [-0.1, -0.05) is 17.7 Å². The van der Waals surface area contributed by atoms with Crippen LogP contribution in [-0.4, -0.2) is 12.5 Å². The molecule has 2 aromatic rings. The number of benzene rings is 2. The van der Waals surface area contributed by atoms with Crippen LogP contribution in [-0.2, 0) is 17.1 Å². The average molecular weight is 412 g/mol. The van der Waals surface area contributed by atoms with Gasteiger partial charge in [0.05, 0.1) is 11.1 Å². The van der Waals surface area contributed by atoms with Crippen molar-refractivity contribution in [1.29, 1.82) is 0 Å². The molecule has 1 amide bonds. The molecule has 1 N–H and O–H groups in total. The normalized spacial score (nSPS) is 12.0. The lowest BCUT2D eigenvalue weighted by molar-refractivity contribution is -0.143. The monoisotopic (exact) mass is 411 g/mol. The highest BCUT2D eigenvalue weighted by Crippen LogP contribution is 2.38. The molecule has 2 rings (SSSR count). The third kappa shape index (κ3) is 5.53. The SMILES string of the molecule is Cc1c(Cl)cccc1NC(=O)COc1cc(C(F)(F)F)cc(C(F)(F)F)c1. The van der Waals surface area contributed by atoms with Crippen molar-refractivity contribution < 1.29 is 35.9 Å². The van der Waals surface area contributed by atoms with Crippen LogP contribution >= 0.6 is 11.6 Å². The van der Waals surface area contributed by atoms with Gasteiger partial charge in [-0.15, -0.1) is 0 Å². The first-order valence-electron chi connectivity index (χ1n) is 7.35. The predicted octanol–water partition coefficient (Wildman–Crippen LogP) is 5.70. The van der Waals surface area contributed by atoms with Crippen LogP contribution in [0.1, 0.15) is 16.7 Å². The van der Waals surface area contributed by atoms with E-state index in [1.807, 2.05) is 0 Å². The van der Waals surface area contributed by atoms with Gasteiger partial charge in [0, 0.05) is 10.7 Å². The lowest BCUT2D eigenvalue weighted by Crippen LogP contribution is -2.21. The summed E-state index contributed by atoms with van der Waals surface area (Å²) in [6.07, 6.45) is -10.0. The van der Waals surface area contributed by atoms with Gasteiger partial charge in [-0.25, -0.2) is 0 Å². The van der Waals surface area contributed by atoms with Gasteiger partial charge in [0.15, 0.2) is 6.61 Å². The van der Waals surface area contributed by atoms with Gasteiger partial charge in [0.2, 0.25) is 0 Å². The van der Waals surface area contributed by atoms with Gasteiger partial charge >= 0.3 is 12.4 Å². The Balaban J connectivity index is 2.17. The maximum Gasteiger partial charge on any atom is 0.416 e. The number of amides is 1. The summed E-state index contributed by atoms with van der Waals surface area (Å²) in [4.78, 5) is 11.9. The summed E-state index contributed by atoms with van der Waals surface area (Å²) >= 11 is 5.89. The van der Waals surface area contributed by atoms with Gasteiger partial charge < -0.3 is 10.1 Å². The number of rotatable bonds is 4. The van der Waals surface area contributed by atoms with Crippen LogP contribution in [0.25, 0.3) is 0 Å². The second-order valence-corrected chi connectivity index (χ2v) is 5.90. The summed E-state index contributed by atoms with van der Waals surface area (Å²) < 4.78 is 81.6. The first kappa shape index (κ1) is 20.9. The van der Waals surface area contributed by atoms with E-state index in [1.54, 1.807) is 19.1 Å². The van der Waals surface area contributed by atoms with Crippen LogP contribution in [0.4, 0.5) is 32.0 Å². The fourth-order valence-corrected chi connectivity index (χ4v) is 2.26. The zero-order valence-corrected chi connectivity index (χ0v) is 14.4. The van der Waals surface area contributed by atoms with E-state index in [4.69, 9.17) is 16.3 Å². The molecule has 0 fully saturated rings. The van der Waals surface area contributed by atoms with E-state index in [0.717, 1.165) is 0 Å². The number of hydrogen-bond donors (Lipinski definition) is 1. The molecule has 0 unspecified atom stereocenters. The van der Waals surface area contributed by atoms with Gasteiger partial charge in [-0.2, -0.15) is 26.3 Å². The predicted molar refractivity (Wildman–Crippen MR) is 86.8 cm³/mol. The Labute approximate surface area is 154 Å². The molecule has 0 radical (unpaired) electrons. The third-order valence-corrected chi connectivity index (χ3v) is 3.88. The van der Waals surface area contributed by atoms with E-state index >= 15 is 0 Å². The fraction of sp³-hybridized carbons (Fsp3) is 0.235. The summed E-state index contributed by atoms with van der Waals surface area (Å²) in [5, 5.41) is 2.79. The number of alkyl halides is 6. The highest BCUT2D eigenvalue weighted by atomic mass is 35.5. The van der Waals surface area contributed by atoms with E-state index in [2.05, 4.69) is 5.32 Å². The van der Waals surface area contributed by atoms with Crippen molar-refractivity contribution >= 4 is 23.2 Å². The van der Waals surface area contributed by atoms with E-state index in [9.17, 15) is 31.1 Å². The summed E-state index contributed by atoms with van der Waals surface area (Å²) in [5.74, 6) is -1.50. The van der Waals surface area contributed by atoms with Crippen LogP contribution < -0.4 is 10.1 Å². The molecule has 0 saturated heterocycles. The molecular formula is C17H12ClF6NO2. The van der Waals surface area contributed by atoms with E-state index in [1.165, 1.54) is 6.07 Å². The minimum Gasteiger partial charge on any atom is -0.484 e. The van der Waals surface area contributed by atoms with Crippen LogP contribution in [0, 0.1) is 6.92 Å². The highest BCUT2D eigenvalue weighted by molar-refractivity contribution is 6.31. The molecule has 0 aliphatic rings. The van der Waals surface area contributed by atoms with Gasteiger partial charge in [0.1, 0.15) is 5.75 Å². The van der Waals surface area contributed by atoms with Gasteiger partial charge in [-0.3, -0.25) is 4.79 Å². The zero-order chi connectivity index (χ0) is 20.4. The molecule has 0 atom stereocenters.